The van der Waals surface area contributed by atoms with E-state index < -0.39 is 60.7 Å². The van der Waals surface area contributed by atoms with Crippen molar-refractivity contribution < 1.29 is 39.6 Å². The summed E-state index contributed by atoms with van der Waals surface area (Å²) in [4.78, 5) is 43.5. The summed E-state index contributed by atoms with van der Waals surface area (Å²) in [6.07, 6.45) is -1.80. The second-order valence-electron chi connectivity index (χ2n) is 4.32. The van der Waals surface area contributed by atoms with Gasteiger partial charge in [0.2, 0.25) is 0 Å². The van der Waals surface area contributed by atoms with Crippen molar-refractivity contribution in [2.75, 3.05) is 0 Å². The van der Waals surface area contributed by atoms with E-state index in [9.17, 15) is 19.2 Å². The van der Waals surface area contributed by atoms with Crippen molar-refractivity contribution in [2.45, 2.75) is 33.6 Å². The van der Waals surface area contributed by atoms with Crippen LogP contribution in [0.1, 0.15) is 25.7 Å². The molecule has 21 heavy (non-hydrogen) atoms. The molecule has 0 aromatic rings. The molecular formula is C10H14Cl2O8Sn. The molecular weight excluding hydrogens is 438 g/mol. The summed E-state index contributed by atoms with van der Waals surface area (Å²) in [6.45, 7) is 0. The number of hydrogen-bond acceptors (Lipinski definition) is 4. The number of halogens is 2. The minimum atomic E-state index is -4.86. The first-order chi connectivity index (χ1) is 9.50. The van der Waals surface area contributed by atoms with Crippen LogP contribution >= 0.6 is 17.8 Å². The Morgan fingerprint density at radius 1 is 0.762 bits per heavy atom. The Bertz CT molecular complexity index is 401. The minimum absolute atomic E-state index is 0.384. The molecule has 0 amide bonds. The first-order valence-electron chi connectivity index (χ1n) is 5.77. The van der Waals surface area contributed by atoms with Crippen LogP contribution in [0.4, 0.5) is 0 Å². The molecule has 0 spiro atoms. The van der Waals surface area contributed by atoms with Crippen LogP contribution in [0.3, 0.4) is 0 Å². The van der Waals surface area contributed by atoms with Crippen LogP contribution in [0.15, 0.2) is 0 Å². The van der Waals surface area contributed by atoms with Crippen molar-refractivity contribution in [1.82, 2.24) is 0 Å². The van der Waals surface area contributed by atoms with E-state index in [2.05, 4.69) is 0 Å². The van der Waals surface area contributed by atoms with Crippen LogP contribution in [0.5, 0.6) is 0 Å². The second kappa shape index (κ2) is 8.64. The maximum atomic E-state index is 11.2. The van der Waals surface area contributed by atoms with Crippen LogP contribution in [0.2, 0.25) is 7.87 Å². The van der Waals surface area contributed by atoms with E-state index in [4.69, 9.17) is 38.3 Å². The zero-order chi connectivity index (χ0) is 16.8. The fraction of sp³-hybridized carbons (Fsp3) is 0.600. The molecule has 0 rings (SSSR count). The monoisotopic (exact) mass is 452 g/mol. The van der Waals surface area contributed by atoms with Gasteiger partial charge in [-0.05, 0) is 0 Å². The Labute approximate surface area is 131 Å². The molecule has 0 aliphatic rings. The van der Waals surface area contributed by atoms with Crippen LogP contribution < -0.4 is 0 Å². The predicted molar refractivity (Wildman–Crippen MR) is 74.0 cm³/mol. The Morgan fingerprint density at radius 3 is 1.24 bits per heavy atom. The van der Waals surface area contributed by atoms with Crippen molar-refractivity contribution >= 4 is 57.8 Å². The van der Waals surface area contributed by atoms with Crippen molar-refractivity contribution in [2.24, 2.45) is 0 Å². The molecule has 120 valence electrons. The van der Waals surface area contributed by atoms with E-state index in [-0.39, 0.29) is 12.8 Å². The molecule has 0 saturated carbocycles. The van der Waals surface area contributed by atoms with Gasteiger partial charge in [-0.25, -0.2) is 0 Å². The average Bonchev–Trinajstić information content (AvgIpc) is 2.26. The molecule has 0 saturated heterocycles. The van der Waals surface area contributed by atoms with E-state index in [1.54, 1.807) is 0 Å². The molecule has 11 heteroatoms. The van der Waals surface area contributed by atoms with Gasteiger partial charge in [-0.15, -0.1) is 0 Å². The number of hydrogen-bond donors (Lipinski definition) is 4. The molecule has 0 aromatic heterocycles. The van der Waals surface area contributed by atoms with Gasteiger partial charge >= 0.3 is 131 Å². The third kappa shape index (κ3) is 6.70. The number of rotatable bonds is 10. The van der Waals surface area contributed by atoms with E-state index in [0.717, 1.165) is 0 Å². The molecule has 0 bridgehead atoms. The van der Waals surface area contributed by atoms with Gasteiger partial charge in [-0.1, -0.05) is 0 Å². The topological polar surface area (TPSA) is 149 Å². The quantitative estimate of drug-likeness (QED) is 0.365. The first-order valence-corrected chi connectivity index (χ1v) is 16.3. The summed E-state index contributed by atoms with van der Waals surface area (Å²) in [5.74, 6) is -5.43. The standard InChI is InChI=1S/2C5H7O4.2ClH.Sn/c2*6-4(7)2-1-3-5(8)9;;;/h2*2H,1,3H2,(H,6,7)(H,8,9);2*1H;/q;;;;+2/p-2. The van der Waals surface area contributed by atoms with Gasteiger partial charge in [0.15, 0.2) is 0 Å². The summed E-state index contributed by atoms with van der Waals surface area (Å²) in [5.41, 5.74) is 0. The fourth-order valence-electron chi connectivity index (χ4n) is 1.74. The van der Waals surface area contributed by atoms with E-state index >= 15 is 0 Å². The summed E-state index contributed by atoms with van der Waals surface area (Å²) in [6, 6.07) is 0. The molecule has 0 aliphatic heterocycles. The maximum absolute atomic E-state index is 11.2. The first kappa shape index (κ1) is 20.3. The van der Waals surface area contributed by atoms with E-state index in [1.807, 2.05) is 0 Å². The number of carboxylic acids is 4. The number of carboxylic acid groups (broad SMARTS) is 4. The summed E-state index contributed by atoms with van der Waals surface area (Å²) < 4.78 is -2.90. The van der Waals surface area contributed by atoms with Gasteiger partial charge in [0.05, 0.1) is 0 Å². The Hall–Kier alpha value is -0.741. The van der Waals surface area contributed by atoms with E-state index in [0.29, 0.717) is 0 Å². The SMILES string of the molecule is O=C(O)CC[CH](C(=O)O)[Sn]([Cl])([Cl])[CH](CCC(=O)O)C(=O)O. The molecule has 0 radical (unpaired) electrons. The number of carbonyl (C=O) groups is 4. The fourth-order valence-corrected chi connectivity index (χ4v) is 13.5. The molecule has 8 nitrogen and oxygen atoms in total. The predicted octanol–water partition coefficient (Wildman–Crippen LogP) is 1.55. The molecule has 0 heterocycles. The zero-order valence-corrected chi connectivity index (χ0v) is 15.0. The van der Waals surface area contributed by atoms with Gasteiger partial charge in [0, 0.05) is 0 Å². The van der Waals surface area contributed by atoms with Crippen molar-refractivity contribution in [3.05, 3.63) is 0 Å². The summed E-state index contributed by atoms with van der Waals surface area (Å²) in [5, 5.41) is 35.4. The molecule has 4 N–H and O–H groups in total. The molecule has 2 unspecified atom stereocenters. The molecule has 0 aromatic carbocycles. The van der Waals surface area contributed by atoms with Crippen LogP contribution in [0.25, 0.3) is 0 Å². The van der Waals surface area contributed by atoms with Gasteiger partial charge in [-0.2, -0.15) is 0 Å². The Kier molecular flexibility index (Phi) is 8.34. The second-order valence-corrected chi connectivity index (χ2v) is 21.8. The third-order valence-electron chi connectivity index (χ3n) is 2.82. The Morgan fingerprint density at radius 2 is 1.05 bits per heavy atom. The van der Waals surface area contributed by atoms with Gasteiger partial charge in [0.1, 0.15) is 0 Å². The summed E-state index contributed by atoms with van der Waals surface area (Å²) in [7, 11) is 12.1. The average molecular weight is 452 g/mol. The molecule has 0 fully saturated rings. The van der Waals surface area contributed by atoms with Gasteiger partial charge in [-0.3, -0.25) is 0 Å². The van der Waals surface area contributed by atoms with Crippen molar-refractivity contribution in [3.8, 4) is 0 Å². The van der Waals surface area contributed by atoms with Crippen LogP contribution in [0, 0.1) is 0 Å². The van der Waals surface area contributed by atoms with Crippen molar-refractivity contribution in [3.63, 3.8) is 0 Å². The van der Waals surface area contributed by atoms with Crippen LogP contribution in [-0.4, -0.2) is 60.4 Å². The third-order valence-corrected chi connectivity index (χ3v) is 18.2. The zero-order valence-electron chi connectivity index (χ0n) is 10.7. The van der Waals surface area contributed by atoms with E-state index in [1.165, 1.54) is 0 Å². The normalized spacial score (nSPS) is 14.2. The van der Waals surface area contributed by atoms with Crippen LogP contribution in [-0.2, 0) is 19.2 Å². The summed E-state index contributed by atoms with van der Waals surface area (Å²) >= 11 is -4.86. The molecule has 2 atom stereocenters. The van der Waals surface area contributed by atoms with Gasteiger partial charge in [0.25, 0.3) is 0 Å². The number of aliphatic carboxylic acids is 4. The Balaban J connectivity index is 5.26. The van der Waals surface area contributed by atoms with Crippen molar-refractivity contribution in [1.29, 1.82) is 0 Å². The molecule has 0 aliphatic carbocycles. The van der Waals surface area contributed by atoms with Gasteiger partial charge < -0.3 is 0 Å².